The maximum atomic E-state index is 13.2. The van der Waals surface area contributed by atoms with Gasteiger partial charge in [0, 0.05) is 27.3 Å². The molecule has 0 bridgehead atoms. The molecule has 136 valence electrons. The third-order valence-corrected chi connectivity index (χ3v) is 7.51. The summed E-state index contributed by atoms with van der Waals surface area (Å²) in [4.78, 5) is 10.5. The van der Waals surface area contributed by atoms with Crippen molar-refractivity contribution in [2.75, 3.05) is 11.5 Å². The molecule has 0 aliphatic heterocycles. The zero-order valence-electron chi connectivity index (χ0n) is 14.2. The maximum Gasteiger partial charge on any atom is 0.128 e. The first-order chi connectivity index (χ1) is 13.2. The molecule has 1 atom stereocenters. The van der Waals surface area contributed by atoms with Crippen LogP contribution in [0.2, 0.25) is 0 Å². The zero-order chi connectivity index (χ0) is 18.6. The van der Waals surface area contributed by atoms with Gasteiger partial charge < -0.3 is 0 Å². The number of benzene rings is 2. The molecule has 0 N–H and O–H groups in total. The van der Waals surface area contributed by atoms with Gasteiger partial charge in [-0.25, -0.2) is 14.4 Å². The van der Waals surface area contributed by atoms with Crippen molar-refractivity contribution in [2.45, 2.75) is 9.92 Å². The van der Waals surface area contributed by atoms with Crippen molar-refractivity contribution in [3.8, 4) is 11.1 Å². The van der Waals surface area contributed by atoms with Gasteiger partial charge in [-0.3, -0.25) is 4.21 Å². The molecule has 1 unspecified atom stereocenters. The quantitative estimate of drug-likeness (QED) is 0.313. The lowest BCUT2D eigenvalue weighted by atomic mass is 10.1. The fourth-order valence-electron chi connectivity index (χ4n) is 2.70. The lowest BCUT2D eigenvalue weighted by Crippen LogP contribution is -2.01. The van der Waals surface area contributed by atoms with Crippen molar-refractivity contribution in [1.29, 1.82) is 0 Å². The van der Waals surface area contributed by atoms with Crippen LogP contribution in [0.15, 0.2) is 76.2 Å². The van der Waals surface area contributed by atoms with Crippen LogP contribution in [-0.4, -0.2) is 25.7 Å². The Morgan fingerprint density at radius 2 is 1.81 bits per heavy atom. The molecule has 27 heavy (non-hydrogen) atoms. The Balaban J connectivity index is 1.56. The molecule has 4 rings (SSSR count). The first kappa shape index (κ1) is 18.3. The van der Waals surface area contributed by atoms with Gasteiger partial charge in [-0.15, -0.1) is 23.1 Å². The second-order valence-corrected chi connectivity index (χ2v) is 9.24. The monoisotopic (exact) mass is 414 g/mol. The Morgan fingerprint density at radius 3 is 2.59 bits per heavy atom. The van der Waals surface area contributed by atoms with Gasteiger partial charge in [-0.05, 0) is 29.8 Å². The number of rotatable bonds is 6. The van der Waals surface area contributed by atoms with E-state index in [1.54, 1.807) is 41.6 Å². The van der Waals surface area contributed by atoms with Crippen molar-refractivity contribution in [3.05, 3.63) is 72.1 Å². The highest BCUT2D eigenvalue weighted by Gasteiger charge is 2.14. The van der Waals surface area contributed by atoms with Gasteiger partial charge in [-0.1, -0.05) is 30.3 Å². The molecule has 7 heteroatoms. The van der Waals surface area contributed by atoms with Gasteiger partial charge in [0.05, 0.1) is 16.2 Å². The van der Waals surface area contributed by atoms with Crippen molar-refractivity contribution in [3.63, 3.8) is 0 Å². The van der Waals surface area contributed by atoms with E-state index in [4.69, 9.17) is 0 Å². The van der Waals surface area contributed by atoms with Gasteiger partial charge in [0.15, 0.2) is 0 Å². The summed E-state index contributed by atoms with van der Waals surface area (Å²) in [6.07, 6.45) is 1.56. The number of halogens is 1. The van der Waals surface area contributed by atoms with Crippen LogP contribution in [0.3, 0.4) is 0 Å². The predicted molar refractivity (Wildman–Crippen MR) is 111 cm³/mol. The second-order valence-electron chi connectivity index (χ2n) is 5.73. The molecule has 0 radical (unpaired) electrons. The minimum Gasteiger partial charge on any atom is -0.254 e. The fourth-order valence-corrected chi connectivity index (χ4v) is 5.98. The van der Waals surface area contributed by atoms with Crippen LogP contribution in [0.4, 0.5) is 4.39 Å². The molecule has 0 amide bonds. The number of aromatic nitrogens is 2. The Labute approximate surface area is 167 Å². The third-order valence-electron chi connectivity index (χ3n) is 4.00. The minimum atomic E-state index is -1.03. The van der Waals surface area contributed by atoms with E-state index in [0.717, 1.165) is 31.3 Å². The Hall–Kier alpha value is -2.09. The van der Waals surface area contributed by atoms with Gasteiger partial charge in [0.1, 0.15) is 22.0 Å². The minimum absolute atomic E-state index is 0.257. The summed E-state index contributed by atoms with van der Waals surface area (Å²) in [6, 6.07) is 15.9. The average Bonchev–Trinajstić information content (AvgIpc) is 3.14. The largest absolute Gasteiger partial charge is 0.254 e. The van der Waals surface area contributed by atoms with Gasteiger partial charge in [0.25, 0.3) is 0 Å². The molecule has 2 heterocycles. The maximum absolute atomic E-state index is 13.2. The van der Waals surface area contributed by atoms with E-state index in [-0.39, 0.29) is 5.82 Å². The van der Waals surface area contributed by atoms with Crippen LogP contribution in [0, 0.1) is 5.82 Å². The van der Waals surface area contributed by atoms with E-state index in [2.05, 4.69) is 9.97 Å². The van der Waals surface area contributed by atoms with Gasteiger partial charge in [0.2, 0.25) is 0 Å². The standard InChI is InChI=1S/C20H15FN2OS3/c21-15-8-6-14(7-9-15)17-12-26-20-18(17)19(22-13-23-20)25-10-11-27(24)16-4-2-1-3-5-16/h1-9,12-13H,10-11H2. The molecule has 3 nitrogen and oxygen atoms in total. The fraction of sp³-hybridized carbons (Fsp3) is 0.100. The van der Waals surface area contributed by atoms with E-state index in [0.29, 0.717) is 11.5 Å². The van der Waals surface area contributed by atoms with E-state index >= 15 is 0 Å². The molecule has 0 saturated heterocycles. The molecular weight excluding hydrogens is 399 g/mol. The van der Waals surface area contributed by atoms with Crippen LogP contribution < -0.4 is 0 Å². The summed E-state index contributed by atoms with van der Waals surface area (Å²) < 4.78 is 25.6. The smallest absolute Gasteiger partial charge is 0.128 e. The molecule has 0 fully saturated rings. The first-order valence-corrected chi connectivity index (χ1v) is 11.4. The van der Waals surface area contributed by atoms with Crippen molar-refractivity contribution < 1.29 is 8.60 Å². The summed E-state index contributed by atoms with van der Waals surface area (Å²) in [7, 11) is -1.03. The van der Waals surface area contributed by atoms with Crippen LogP contribution in [-0.2, 0) is 10.8 Å². The lowest BCUT2D eigenvalue weighted by molar-refractivity contribution is 0.628. The highest BCUT2D eigenvalue weighted by atomic mass is 32.2. The van der Waals surface area contributed by atoms with Crippen LogP contribution in [0.25, 0.3) is 21.3 Å². The average molecular weight is 415 g/mol. The van der Waals surface area contributed by atoms with E-state index in [9.17, 15) is 8.60 Å². The molecule has 0 saturated carbocycles. The summed E-state index contributed by atoms with van der Waals surface area (Å²) >= 11 is 3.12. The van der Waals surface area contributed by atoms with Crippen LogP contribution in [0.1, 0.15) is 0 Å². The molecule has 0 spiro atoms. The Morgan fingerprint density at radius 1 is 1.04 bits per heavy atom. The van der Waals surface area contributed by atoms with E-state index in [1.807, 2.05) is 35.7 Å². The summed E-state index contributed by atoms with van der Waals surface area (Å²) in [5.74, 6) is 0.982. The van der Waals surface area contributed by atoms with E-state index in [1.165, 1.54) is 12.1 Å². The summed E-state index contributed by atoms with van der Waals surface area (Å²) in [6.45, 7) is 0. The van der Waals surface area contributed by atoms with E-state index < -0.39 is 10.8 Å². The highest BCUT2D eigenvalue weighted by molar-refractivity contribution is 8.00. The molecule has 2 aromatic heterocycles. The normalized spacial score (nSPS) is 12.3. The Kier molecular flexibility index (Phi) is 5.61. The summed E-state index contributed by atoms with van der Waals surface area (Å²) in [5, 5.41) is 3.87. The first-order valence-electron chi connectivity index (χ1n) is 8.27. The number of hydrogen-bond donors (Lipinski definition) is 0. The molecule has 2 aromatic carbocycles. The topological polar surface area (TPSA) is 42.9 Å². The van der Waals surface area contributed by atoms with Crippen molar-refractivity contribution in [2.24, 2.45) is 0 Å². The van der Waals surface area contributed by atoms with Crippen LogP contribution >= 0.6 is 23.1 Å². The number of thiophene rings is 1. The second kappa shape index (κ2) is 8.29. The molecule has 0 aliphatic rings. The van der Waals surface area contributed by atoms with Gasteiger partial charge in [-0.2, -0.15) is 0 Å². The Bertz CT molecular complexity index is 1080. The van der Waals surface area contributed by atoms with Gasteiger partial charge >= 0.3 is 0 Å². The predicted octanol–water partition coefficient (Wildman–Crippen LogP) is 5.40. The number of fused-ring (bicyclic) bond motifs is 1. The molecule has 4 aromatic rings. The SMILES string of the molecule is O=S(CCSc1ncnc2scc(-c3ccc(F)cc3)c12)c1ccccc1. The third kappa shape index (κ3) is 4.10. The number of hydrogen-bond acceptors (Lipinski definition) is 5. The van der Waals surface area contributed by atoms with Crippen molar-refractivity contribution >= 4 is 44.1 Å². The summed E-state index contributed by atoms with van der Waals surface area (Å²) in [5.41, 5.74) is 1.94. The number of nitrogens with zero attached hydrogens (tertiary/aromatic N) is 2. The lowest BCUT2D eigenvalue weighted by Gasteiger charge is -2.06. The highest BCUT2D eigenvalue weighted by Crippen LogP contribution is 2.37. The molecular formula is C20H15FN2OS3. The number of thioether (sulfide) groups is 1. The molecule has 0 aliphatic carbocycles. The van der Waals surface area contributed by atoms with Crippen molar-refractivity contribution in [1.82, 2.24) is 9.97 Å². The zero-order valence-corrected chi connectivity index (χ0v) is 16.6. The van der Waals surface area contributed by atoms with Crippen LogP contribution in [0.5, 0.6) is 0 Å².